The third-order valence-corrected chi connectivity index (χ3v) is 11.9. The molecule has 2 unspecified atom stereocenters. The summed E-state index contributed by atoms with van der Waals surface area (Å²) in [7, 11) is 5.61. The van der Waals surface area contributed by atoms with Crippen molar-refractivity contribution in [2.75, 3.05) is 14.2 Å². The highest BCUT2D eigenvalue weighted by molar-refractivity contribution is 7.61. The lowest BCUT2D eigenvalue weighted by Gasteiger charge is -2.44. The van der Waals surface area contributed by atoms with Gasteiger partial charge in [-0.25, -0.2) is 0 Å². The molecule has 2 saturated carbocycles. The lowest BCUT2D eigenvalue weighted by atomic mass is 9.94. The maximum atomic E-state index is 5.88. The minimum absolute atomic E-state index is 0.265. The van der Waals surface area contributed by atoms with Gasteiger partial charge in [0.25, 0.3) is 0 Å². The standard InChI is InChI=1S/C26H38O2P2/c1-27-23-17-11-18-24(28-2)25(23)22-16-9-10-19-26(22,29-20-12-5-3-6-13-20)30-21-14-7-4-8-15-21/h9-11,16-18,20-21,29-30H,3-8,12-15,19H2,1-2H3. The molecule has 2 fully saturated rings. The van der Waals surface area contributed by atoms with E-state index in [0.717, 1.165) is 40.0 Å². The van der Waals surface area contributed by atoms with Crippen LogP contribution in [-0.2, 0) is 0 Å². The van der Waals surface area contributed by atoms with Crippen LogP contribution in [0.25, 0.3) is 5.57 Å². The van der Waals surface area contributed by atoms with Gasteiger partial charge in [-0.3, -0.25) is 0 Å². The number of allylic oxidation sites excluding steroid dienone is 4. The van der Waals surface area contributed by atoms with Crippen LogP contribution in [0.4, 0.5) is 0 Å². The van der Waals surface area contributed by atoms with Crippen LogP contribution in [0, 0.1) is 0 Å². The number of benzene rings is 1. The number of hydrogen-bond donors (Lipinski definition) is 0. The van der Waals surface area contributed by atoms with Crippen LogP contribution < -0.4 is 9.47 Å². The fraction of sp³-hybridized carbons (Fsp3) is 0.615. The molecule has 1 aromatic rings. The van der Waals surface area contributed by atoms with E-state index >= 15 is 0 Å². The van der Waals surface area contributed by atoms with E-state index in [-0.39, 0.29) is 4.90 Å². The molecule has 3 aliphatic rings. The van der Waals surface area contributed by atoms with Crippen LogP contribution in [-0.4, -0.2) is 30.4 Å². The van der Waals surface area contributed by atoms with E-state index in [0.29, 0.717) is 0 Å². The summed E-state index contributed by atoms with van der Waals surface area (Å²) in [5.74, 6) is 1.92. The maximum Gasteiger partial charge on any atom is 0.130 e. The van der Waals surface area contributed by atoms with Crippen LogP contribution in [0.2, 0.25) is 0 Å². The molecule has 0 radical (unpaired) electrons. The molecule has 0 spiro atoms. The zero-order valence-electron chi connectivity index (χ0n) is 18.7. The number of rotatable bonds is 7. The van der Waals surface area contributed by atoms with Gasteiger partial charge in [0.2, 0.25) is 0 Å². The molecule has 0 amide bonds. The molecular weight excluding hydrogens is 406 g/mol. The first kappa shape index (κ1) is 22.4. The van der Waals surface area contributed by atoms with Crippen molar-refractivity contribution in [3.05, 3.63) is 42.0 Å². The average molecular weight is 445 g/mol. The molecule has 164 valence electrons. The first-order valence-electron chi connectivity index (χ1n) is 11.9. The average Bonchev–Trinajstić information content (AvgIpc) is 2.80. The Morgan fingerprint density at radius 2 is 1.33 bits per heavy atom. The second-order valence-electron chi connectivity index (χ2n) is 9.11. The Kier molecular flexibility index (Phi) is 7.94. The second kappa shape index (κ2) is 10.7. The van der Waals surface area contributed by atoms with Crippen molar-refractivity contribution < 1.29 is 9.47 Å². The smallest absolute Gasteiger partial charge is 0.130 e. The molecule has 2 nitrogen and oxygen atoms in total. The van der Waals surface area contributed by atoms with Crippen molar-refractivity contribution in [1.29, 1.82) is 0 Å². The van der Waals surface area contributed by atoms with Crippen molar-refractivity contribution in [3.8, 4) is 11.5 Å². The number of methoxy groups -OCH3 is 2. The van der Waals surface area contributed by atoms with Crippen molar-refractivity contribution in [3.63, 3.8) is 0 Å². The molecule has 2 atom stereocenters. The van der Waals surface area contributed by atoms with Crippen LogP contribution in [0.15, 0.2) is 36.4 Å². The fourth-order valence-corrected chi connectivity index (χ4v) is 11.1. The summed E-state index contributed by atoms with van der Waals surface area (Å²) in [6.45, 7) is 0. The Bertz CT molecular complexity index is 716. The van der Waals surface area contributed by atoms with Gasteiger partial charge in [-0.15, -0.1) is 17.2 Å². The van der Waals surface area contributed by atoms with Gasteiger partial charge >= 0.3 is 0 Å². The van der Waals surface area contributed by atoms with Gasteiger partial charge in [0.1, 0.15) is 11.5 Å². The van der Waals surface area contributed by atoms with Crippen molar-refractivity contribution >= 4 is 22.7 Å². The Morgan fingerprint density at radius 3 is 1.83 bits per heavy atom. The van der Waals surface area contributed by atoms with Crippen molar-refractivity contribution in [2.45, 2.75) is 86.8 Å². The van der Waals surface area contributed by atoms with Gasteiger partial charge in [0, 0.05) is 4.90 Å². The Balaban J connectivity index is 1.75. The zero-order chi connectivity index (χ0) is 20.8. The van der Waals surface area contributed by atoms with Gasteiger partial charge in [-0.05, 0) is 61.1 Å². The molecule has 30 heavy (non-hydrogen) atoms. The molecule has 0 saturated heterocycles. The highest BCUT2D eigenvalue weighted by Crippen LogP contribution is 2.65. The lowest BCUT2D eigenvalue weighted by molar-refractivity contribution is 0.391. The monoisotopic (exact) mass is 444 g/mol. The summed E-state index contributed by atoms with van der Waals surface area (Å²) in [4.78, 5) is 0.265. The van der Waals surface area contributed by atoms with Crippen molar-refractivity contribution in [1.82, 2.24) is 0 Å². The van der Waals surface area contributed by atoms with E-state index in [9.17, 15) is 0 Å². The quantitative estimate of drug-likeness (QED) is 0.400. The lowest BCUT2D eigenvalue weighted by Crippen LogP contribution is -2.28. The summed E-state index contributed by atoms with van der Waals surface area (Å²) < 4.78 is 11.8. The van der Waals surface area contributed by atoms with Gasteiger partial charge in [0.05, 0.1) is 19.8 Å². The Hall–Kier alpha value is -0.840. The maximum absolute atomic E-state index is 5.88. The summed E-state index contributed by atoms with van der Waals surface area (Å²) in [6.07, 6.45) is 22.6. The largest absolute Gasteiger partial charge is 0.496 e. The third-order valence-electron chi connectivity index (χ3n) is 7.09. The van der Waals surface area contributed by atoms with E-state index in [4.69, 9.17) is 9.47 Å². The van der Waals surface area contributed by atoms with E-state index in [2.05, 4.69) is 36.4 Å². The van der Waals surface area contributed by atoms with Crippen LogP contribution in [0.3, 0.4) is 0 Å². The van der Waals surface area contributed by atoms with Gasteiger partial charge < -0.3 is 9.47 Å². The summed E-state index contributed by atoms with van der Waals surface area (Å²) >= 11 is 0. The molecule has 0 aromatic heterocycles. The molecule has 0 heterocycles. The molecule has 0 bridgehead atoms. The van der Waals surface area contributed by atoms with Crippen LogP contribution >= 0.6 is 17.2 Å². The first-order chi connectivity index (χ1) is 14.8. The third kappa shape index (κ3) is 4.97. The van der Waals surface area contributed by atoms with E-state index in [1.165, 1.54) is 81.8 Å². The highest BCUT2D eigenvalue weighted by atomic mass is 31.1. The van der Waals surface area contributed by atoms with Crippen molar-refractivity contribution in [2.24, 2.45) is 0 Å². The van der Waals surface area contributed by atoms with E-state index < -0.39 is 0 Å². The predicted molar refractivity (Wildman–Crippen MR) is 134 cm³/mol. The predicted octanol–water partition coefficient (Wildman–Crippen LogP) is 7.77. The van der Waals surface area contributed by atoms with Gasteiger partial charge in [-0.2, -0.15) is 0 Å². The SMILES string of the molecule is COc1cccc(OC)c1C1=CC=CCC1(PC1CCCCC1)PC1CCCCC1. The topological polar surface area (TPSA) is 18.5 Å². The second-order valence-corrected chi connectivity index (χ2v) is 13.5. The van der Waals surface area contributed by atoms with E-state index in [1.807, 2.05) is 0 Å². The number of ether oxygens (including phenoxy) is 2. The molecule has 4 heteroatoms. The molecule has 0 N–H and O–H groups in total. The normalized spacial score (nSPS) is 26.5. The first-order valence-corrected chi connectivity index (χ1v) is 14.1. The summed E-state index contributed by atoms with van der Waals surface area (Å²) in [5.41, 5.74) is 4.49. The minimum atomic E-state index is 0.265. The summed E-state index contributed by atoms with van der Waals surface area (Å²) in [5, 5.41) is 0. The van der Waals surface area contributed by atoms with E-state index in [1.54, 1.807) is 14.2 Å². The highest BCUT2D eigenvalue weighted by Gasteiger charge is 2.41. The molecule has 4 rings (SSSR count). The molecule has 1 aromatic carbocycles. The van der Waals surface area contributed by atoms with Crippen LogP contribution in [0.1, 0.15) is 76.2 Å². The zero-order valence-corrected chi connectivity index (χ0v) is 20.7. The van der Waals surface area contributed by atoms with Crippen LogP contribution in [0.5, 0.6) is 11.5 Å². The summed E-state index contributed by atoms with van der Waals surface area (Å²) in [6, 6.07) is 6.26. The molecule has 3 aliphatic carbocycles. The minimum Gasteiger partial charge on any atom is -0.496 e. The number of hydrogen-bond acceptors (Lipinski definition) is 2. The molecular formula is C26H38O2P2. The van der Waals surface area contributed by atoms with Gasteiger partial charge in [-0.1, -0.05) is 62.8 Å². The van der Waals surface area contributed by atoms with Gasteiger partial charge in [0.15, 0.2) is 0 Å². The Morgan fingerprint density at radius 1 is 0.800 bits per heavy atom. The fourth-order valence-electron chi connectivity index (χ4n) is 5.58. The Labute approximate surface area is 186 Å². The molecule has 0 aliphatic heterocycles.